The monoisotopic (exact) mass is 189 g/mol. The normalized spacial score (nSPS) is 13.6. The Hall–Kier alpha value is 0.394. The molecule has 0 bridgehead atoms. The SMILES string of the molecule is C[Si](C)(C)CNC[Si](C)(C)C. The van der Waals surface area contributed by atoms with Gasteiger partial charge in [0.2, 0.25) is 0 Å². The molecular formula is C8H23NSi2. The van der Waals surface area contributed by atoms with Gasteiger partial charge in [0.15, 0.2) is 0 Å². The molecule has 0 saturated carbocycles. The third kappa shape index (κ3) is 10.4. The second-order valence-electron chi connectivity index (χ2n) is 5.72. The molecule has 0 rings (SSSR count). The average molecular weight is 189 g/mol. The second kappa shape index (κ2) is 3.87. The van der Waals surface area contributed by atoms with Gasteiger partial charge in [0.1, 0.15) is 0 Å². The molecule has 0 aromatic heterocycles. The van der Waals surface area contributed by atoms with E-state index in [4.69, 9.17) is 0 Å². The van der Waals surface area contributed by atoms with Gasteiger partial charge in [-0.3, -0.25) is 0 Å². The first-order chi connectivity index (χ1) is 4.71. The Kier molecular flexibility index (Phi) is 4.01. The van der Waals surface area contributed by atoms with Gasteiger partial charge in [-0.1, -0.05) is 39.3 Å². The molecular weight excluding hydrogens is 166 g/mol. The smallest absolute Gasteiger partial charge is 0.0595 e. The minimum absolute atomic E-state index is 0.846. The fourth-order valence-electron chi connectivity index (χ4n) is 0.812. The van der Waals surface area contributed by atoms with E-state index in [2.05, 4.69) is 44.6 Å². The van der Waals surface area contributed by atoms with Crippen LogP contribution < -0.4 is 5.32 Å². The van der Waals surface area contributed by atoms with Crippen LogP contribution in [0.1, 0.15) is 0 Å². The van der Waals surface area contributed by atoms with E-state index < -0.39 is 16.1 Å². The first-order valence-electron chi connectivity index (χ1n) is 4.41. The van der Waals surface area contributed by atoms with E-state index in [9.17, 15) is 0 Å². The lowest BCUT2D eigenvalue weighted by Gasteiger charge is -2.21. The van der Waals surface area contributed by atoms with Crippen molar-refractivity contribution in [2.45, 2.75) is 39.3 Å². The number of nitrogens with one attached hydrogen (secondary N) is 1. The van der Waals surface area contributed by atoms with E-state index in [-0.39, 0.29) is 0 Å². The van der Waals surface area contributed by atoms with Crippen LogP contribution in [-0.4, -0.2) is 28.5 Å². The van der Waals surface area contributed by atoms with E-state index >= 15 is 0 Å². The molecule has 1 N–H and O–H groups in total. The van der Waals surface area contributed by atoms with Gasteiger partial charge < -0.3 is 5.32 Å². The largest absolute Gasteiger partial charge is 0.322 e. The van der Waals surface area contributed by atoms with Crippen molar-refractivity contribution in [1.29, 1.82) is 0 Å². The van der Waals surface area contributed by atoms with Crippen molar-refractivity contribution in [3.05, 3.63) is 0 Å². The highest BCUT2D eigenvalue weighted by Gasteiger charge is 2.16. The predicted octanol–water partition coefficient (Wildman–Crippen LogP) is 2.33. The molecule has 0 aliphatic carbocycles. The Balaban J connectivity index is 3.44. The number of rotatable bonds is 4. The van der Waals surface area contributed by atoms with Crippen molar-refractivity contribution < 1.29 is 0 Å². The summed E-state index contributed by atoms with van der Waals surface area (Å²) >= 11 is 0. The van der Waals surface area contributed by atoms with Crippen LogP contribution in [0.3, 0.4) is 0 Å². The summed E-state index contributed by atoms with van der Waals surface area (Å²) in [6.07, 6.45) is 2.55. The summed E-state index contributed by atoms with van der Waals surface area (Å²) in [6, 6.07) is 0. The molecule has 0 atom stereocenters. The van der Waals surface area contributed by atoms with Crippen molar-refractivity contribution in [2.24, 2.45) is 0 Å². The maximum Gasteiger partial charge on any atom is 0.0595 e. The topological polar surface area (TPSA) is 12.0 Å². The van der Waals surface area contributed by atoms with Crippen molar-refractivity contribution in [2.75, 3.05) is 12.3 Å². The molecule has 1 nitrogen and oxygen atoms in total. The molecule has 0 aliphatic rings. The van der Waals surface area contributed by atoms with Gasteiger partial charge in [0.05, 0.1) is 16.1 Å². The highest BCUT2D eigenvalue weighted by molar-refractivity contribution is 6.77. The summed E-state index contributed by atoms with van der Waals surface area (Å²) in [4.78, 5) is 0. The van der Waals surface area contributed by atoms with Gasteiger partial charge in [0.25, 0.3) is 0 Å². The third-order valence-electron chi connectivity index (χ3n) is 1.31. The molecule has 3 heteroatoms. The quantitative estimate of drug-likeness (QED) is 0.670. The molecule has 0 aromatic carbocycles. The van der Waals surface area contributed by atoms with Gasteiger partial charge >= 0.3 is 0 Å². The van der Waals surface area contributed by atoms with Crippen LogP contribution >= 0.6 is 0 Å². The minimum Gasteiger partial charge on any atom is -0.322 e. The summed E-state index contributed by atoms with van der Waals surface area (Å²) in [5.74, 6) is 0. The van der Waals surface area contributed by atoms with E-state index in [0.717, 1.165) is 0 Å². The summed E-state index contributed by atoms with van der Waals surface area (Å²) in [5.41, 5.74) is 0. The third-order valence-corrected chi connectivity index (χ3v) is 3.93. The molecule has 0 aromatic rings. The highest BCUT2D eigenvalue weighted by Crippen LogP contribution is 2.00. The fraction of sp³-hybridized carbons (Fsp3) is 1.00. The van der Waals surface area contributed by atoms with E-state index in [0.29, 0.717) is 0 Å². The summed E-state index contributed by atoms with van der Waals surface area (Å²) in [7, 11) is -1.69. The van der Waals surface area contributed by atoms with E-state index in [1.165, 1.54) is 12.3 Å². The van der Waals surface area contributed by atoms with Gasteiger partial charge in [-0.25, -0.2) is 0 Å². The highest BCUT2D eigenvalue weighted by atomic mass is 28.3. The molecule has 11 heavy (non-hydrogen) atoms. The van der Waals surface area contributed by atoms with E-state index in [1.54, 1.807) is 0 Å². The van der Waals surface area contributed by atoms with Crippen molar-refractivity contribution >= 4 is 16.1 Å². The molecule has 0 amide bonds. The summed E-state index contributed by atoms with van der Waals surface area (Å²) in [6.45, 7) is 14.4. The second-order valence-corrected chi connectivity index (χ2v) is 16.7. The lowest BCUT2D eigenvalue weighted by atomic mass is 11.2. The van der Waals surface area contributed by atoms with Gasteiger partial charge in [-0.2, -0.15) is 0 Å². The fourth-order valence-corrected chi connectivity index (χ4v) is 2.81. The molecule has 0 saturated heterocycles. The van der Waals surface area contributed by atoms with Crippen molar-refractivity contribution in [3.63, 3.8) is 0 Å². The minimum atomic E-state index is -0.846. The lowest BCUT2D eigenvalue weighted by molar-refractivity contribution is 0.887. The average Bonchev–Trinajstić information content (AvgIpc) is 1.55. The first-order valence-corrected chi connectivity index (χ1v) is 11.8. The standard InChI is InChI=1S/C8H23NSi2/c1-10(2,3)7-9-8-11(4,5)6/h9H,7-8H2,1-6H3. The maximum atomic E-state index is 3.59. The van der Waals surface area contributed by atoms with Crippen LogP contribution in [0.25, 0.3) is 0 Å². The zero-order valence-corrected chi connectivity index (χ0v) is 10.9. The molecule has 0 fully saturated rings. The Morgan fingerprint density at radius 1 is 0.727 bits per heavy atom. The summed E-state index contributed by atoms with van der Waals surface area (Å²) < 4.78 is 0. The Morgan fingerprint density at radius 2 is 1.00 bits per heavy atom. The van der Waals surface area contributed by atoms with Gasteiger partial charge in [-0.05, 0) is 12.3 Å². The summed E-state index contributed by atoms with van der Waals surface area (Å²) in [5, 5.41) is 3.59. The molecule has 0 heterocycles. The zero-order valence-electron chi connectivity index (χ0n) is 8.91. The van der Waals surface area contributed by atoms with Crippen LogP contribution in [-0.2, 0) is 0 Å². The van der Waals surface area contributed by atoms with Crippen LogP contribution in [0, 0.1) is 0 Å². The molecule has 0 aliphatic heterocycles. The van der Waals surface area contributed by atoms with Gasteiger partial charge in [-0.15, -0.1) is 0 Å². The lowest BCUT2D eigenvalue weighted by Crippen LogP contribution is -2.44. The molecule has 68 valence electrons. The van der Waals surface area contributed by atoms with Crippen LogP contribution in [0.15, 0.2) is 0 Å². The zero-order chi connectivity index (χ0) is 9.12. The number of hydrogen-bond donors (Lipinski definition) is 1. The van der Waals surface area contributed by atoms with Crippen LogP contribution in [0.2, 0.25) is 39.3 Å². The molecule has 0 unspecified atom stereocenters. The molecule has 0 radical (unpaired) electrons. The predicted molar refractivity (Wildman–Crippen MR) is 59.6 cm³/mol. The Morgan fingerprint density at radius 3 is 1.18 bits per heavy atom. The Bertz CT molecular complexity index is 96.2. The Labute approximate surface area is 73.6 Å². The van der Waals surface area contributed by atoms with Crippen molar-refractivity contribution in [1.82, 2.24) is 5.32 Å². The van der Waals surface area contributed by atoms with Gasteiger partial charge in [0, 0.05) is 0 Å². The first kappa shape index (κ1) is 11.4. The van der Waals surface area contributed by atoms with E-state index in [1.807, 2.05) is 0 Å². The van der Waals surface area contributed by atoms with Crippen LogP contribution in [0.4, 0.5) is 0 Å². The molecule has 0 spiro atoms. The maximum absolute atomic E-state index is 3.59. The van der Waals surface area contributed by atoms with Crippen molar-refractivity contribution in [3.8, 4) is 0 Å². The van der Waals surface area contributed by atoms with Crippen LogP contribution in [0.5, 0.6) is 0 Å². The number of hydrogen-bond acceptors (Lipinski definition) is 1.